The predicted molar refractivity (Wildman–Crippen MR) is 96.0 cm³/mol. The number of carbonyl (C=O) groups is 1. The molecular weight excluding hydrogens is 341 g/mol. The Morgan fingerprint density at radius 1 is 1.28 bits per heavy atom. The molecule has 3 aromatic rings. The summed E-state index contributed by atoms with van der Waals surface area (Å²) in [7, 11) is 0. The van der Waals surface area contributed by atoms with Crippen molar-refractivity contribution in [2.75, 3.05) is 0 Å². The number of hydrogen-bond acceptors (Lipinski definition) is 4. The number of halogens is 1. The van der Waals surface area contributed by atoms with Gasteiger partial charge < -0.3 is 5.32 Å². The van der Waals surface area contributed by atoms with Gasteiger partial charge in [-0.25, -0.2) is 9.07 Å². The predicted octanol–water partition coefficient (Wildman–Crippen LogP) is 3.11. The molecule has 0 aliphatic heterocycles. The molecule has 0 spiro atoms. The van der Waals surface area contributed by atoms with Crippen LogP contribution < -0.4 is 10.9 Å². The summed E-state index contributed by atoms with van der Waals surface area (Å²) >= 11 is 1.44. The average molecular weight is 359 g/mol. The fourth-order valence-electron chi connectivity index (χ4n) is 2.68. The van der Waals surface area contributed by atoms with Crippen LogP contribution >= 0.6 is 11.3 Å². The number of amides is 1. The fraction of sp³-hybridized carbons (Fsp3) is 0.278. The van der Waals surface area contributed by atoms with Crippen molar-refractivity contribution < 1.29 is 9.18 Å². The first kappa shape index (κ1) is 17.3. The van der Waals surface area contributed by atoms with Crippen LogP contribution in [0.25, 0.3) is 10.1 Å². The van der Waals surface area contributed by atoms with E-state index in [4.69, 9.17) is 0 Å². The smallest absolute Gasteiger partial charge is 0.275 e. The molecule has 0 aliphatic rings. The molecule has 0 aliphatic carbocycles. The van der Waals surface area contributed by atoms with E-state index in [0.29, 0.717) is 5.39 Å². The van der Waals surface area contributed by atoms with Crippen LogP contribution in [-0.4, -0.2) is 15.7 Å². The van der Waals surface area contributed by atoms with E-state index in [-0.39, 0.29) is 35.8 Å². The minimum Gasteiger partial charge on any atom is -0.347 e. The molecular formula is C18H18FN3O2S. The molecule has 1 N–H and O–H groups in total. The van der Waals surface area contributed by atoms with Crippen molar-refractivity contribution in [3.8, 4) is 0 Å². The first-order valence-electron chi connectivity index (χ1n) is 7.94. The highest BCUT2D eigenvalue weighted by Crippen LogP contribution is 2.22. The van der Waals surface area contributed by atoms with Gasteiger partial charge in [0, 0.05) is 0 Å². The fourth-order valence-corrected chi connectivity index (χ4v) is 3.43. The van der Waals surface area contributed by atoms with E-state index < -0.39 is 0 Å². The number of nitrogens with zero attached hydrogens (tertiary/aromatic N) is 2. The Morgan fingerprint density at radius 3 is 2.68 bits per heavy atom. The molecule has 1 aromatic carbocycles. The van der Waals surface area contributed by atoms with Gasteiger partial charge in [-0.15, -0.1) is 11.3 Å². The Labute approximate surface area is 148 Å². The SMILES string of the molecule is CC(C)[C@H](NC(=O)Cn1ncc2sccc2c1=O)c1ccc(F)cc1. The Morgan fingerprint density at radius 2 is 2.00 bits per heavy atom. The van der Waals surface area contributed by atoms with E-state index in [0.717, 1.165) is 14.9 Å². The van der Waals surface area contributed by atoms with Crippen LogP contribution in [0.1, 0.15) is 25.5 Å². The Balaban J connectivity index is 1.78. The van der Waals surface area contributed by atoms with Crippen LogP contribution in [0, 0.1) is 11.7 Å². The highest BCUT2D eigenvalue weighted by molar-refractivity contribution is 7.17. The van der Waals surface area contributed by atoms with Crippen LogP contribution in [-0.2, 0) is 11.3 Å². The Kier molecular flexibility index (Phi) is 4.94. The summed E-state index contributed by atoms with van der Waals surface area (Å²) in [5.41, 5.74) is 0.537. The lowest BCUT2D eigenvalue weighted by Gasteiger charge is -2.23. The van der Waals surface area contributed by atoms with Crippen LogP contribution in [0.3, 0.4) is 0 Å². The third-order valence-corrected chi connectivity index (χ3v) is 4.83. The zero-order chi connectivity index (χ0) is 18.0. The van der Waals surface area contributed by atoms with Gasteiger partial charge >= 0.3 is 0 Å². The van der Waals surface area contributed by atoms with Gasteiger partial charge in [-0.05, 0) is 35.1 Å². The lowest BCUT2D eigenvalue weighted by molar-refractivity contribution is -0.123. The first-order valence-corrected chi connectivity index (χ1v) is 8.82. The molecule has 3 rings (SSSR count). The van der Waals surface area contributed by atoms with Crippen molar-refractivity contribution in [3.63, 3.8) is 0 Å². The number of fused-ring (bicyclic) bond motifs is 1. The molecule has 0 saturated carbocycles. The van der Waals surface area contributed by atoms with Crippen LogP contribution in [0.15, 0.2) is 46.7 Å². The second-order valence-corrected chi connectivity index (χ2v) is 7.09. The Bertz CT molecular complexity index is 947. The van der Waals surface area contributed by atoms with E-state index >= 15 is 0 Å². The molecule has 2 heterocycles. The third kappa shape index (κ3) is 3.76. The van der Waals surface area contributed by atoms with Gasteiger partial charge in [0.15, 0.2) is 0 Å². The minimum absolute atomic E-state index is 0.110. The monoisotopic (exact) mass is 359 g/mol. The standard InChI is InChI=1S/C18H18FN3O2S/c1-11(2)17(12-3-5-13(19)6-4-12)21-16(23)10-22-18(24)14-7-8-25-15(14)9-20-22/h3-9,11,17H,10H2,1-2H3,(H,21,23)/t17-/m0/s1. The van der Waals surface area contributed by atoms with Crippen molar-refractivity contribution in [3.05, 3.63) is 63.6 Å². The molecule has 0 unspecified atom stereocenters. The van der Waals surface area contributed by atoms with E-state index in [9.17, 15) is 14.0 Å². The van der Waals surface area contributed by atoms with E-state index in [2.05, 4.69) is 10.4 Å². The van der Waals surface area contributed by atoms with Crippen molar-refractivity contribution in [1.82, 2.24) is 15.1 Å². The molecule has 25 heavy (non-hydrogen) atoms. The van der Waals surface area contributed by atoms with Gasteiger partial charge in [-0.1, -0.05) is 26.0 Å². The zero-order valence-corrected chi connectivity index (χ0v) is 14.7. The van der Waals surface area contributed by atoms with Gasteiger partial charge in [0.2, 0.25) is 5.91 Å². The number of thiophene rings is 1. The summed E-state index contributed by atoms with van der Waals surface area (Å²) < 4.78 is 15.1. The van der Waals surface area contributed by atoms with Gasteiger partial charge in [0.1, 0.15) is 12.4 Å². The highest BCUT2D eigenvalue weighted by atomic mass is 32.1. The van der Waals surface area contributed by atoms with Gasteiger partial charge in [-0.2, -0.15) is 5.10 Å². The second-order valence-electron chi connectivity index (χ2n) is 6.15. The molecule has 0 fully saturated rings. The molecule has 2 aromatic heterocycles. The van der Waals surface area contributed by atoms with Crippen molar-refractivity contribution in [1.29, 1.82) is 0 Å². The summed E-state index contributed by atoms with van der Waals surface area (Å²) in [6, 6.07) is 7.51. The number of rotatable bonds is 5. The summed E-state index contributed by atoms with van der Waals surface area (Å²) in [6.45, 7) is 3.78. The van der Waals surface area contributed by atoms with Crippen molar-refractivity contribution in [2.45, 2.75) is 26.4 Å². The number of carbonyl (C=O) groups excluding carboxylic acids is 1. The van der Waals surface area contributed by atoms with E-state index in [1.165, 1.54) is 23.5 Å². The highest BCUT2D eigenvalue weighted by Gasteiger charge is 2.19. The quantitative estimate of drug-likeness (QED) is 0.761. The van der Waals surface area contributed by atoms with Crippen LogP contribution in [0.5, 0.6) is 0 Å². The normalized spacial score (nSPS) is 12.5. The van der Waals surface area contributed by atoms with Crippen LogP contribution in [0.2, 0.25) is 0 Å². The number of aromatic nitrogens is 2. The average Bonchev–Trinajstić information content (AvgIpc) is 3.05. The maximum atomic E-state index is 13.1. The third-order valence-electron chi connectivity index (χ3n) is 3.98. The molecule has 0 radical (unpaired) electrons. The maximum Gasteiger partial charge on any atom is 0.275 e. The summed E-state index contributed by atoms with van der Waals surface area (Å²) in [5.74, 6) is -0.525. The molecule has 1 atom stereocenters. The minimum atomic E-state index is -0.322. The lowest BCUT2D eigenvalue weighted by Crippen LogP contribution is -2.37. The largest absolute Gasteiger partial charge is 0.347 e. The molecule has 1 amide bonds. The van der Waals surface area contributed by atoms with E-state index in [1.54, 1.807) is 24.4 Å². The number of hydrogen-bond donors (Lipinski definition) is 1. The van der Waals surface area contributed by atoms with Gasteiger partial charge in [0.05, 0.1) is 22.3 Å². The second kappa shape index (κ2) is 7.14. The Hall–Kier alpha value is -2.54. The van der Waals surface area contributed by atoms with Gasteiger partial charge in [-0.3, -0.25) is 9.59 Å². The molecule has 130 valence electrons. The summed E-state index contributed by atoms with van der Waals surface area (Å²) in [4.78, 5) is 24.7. The number of benzene rings is 1. The molecule has 7 heteroatoms. The summed E-state index contributed by atoms with van der Waals surface area (Å²) in [6.07, 6.45) is 1.59. The van der Waals surface area contributed by atoms with Crippen molar-refractivity contribution >= 4 is 27.3 Å². The molecule has 0 saturated heterocycles. The first-order chi connectivity index (χ1) is 12.0. The topological polar surface area (TPSA) is 64.0 Å². The summed E-state index contributed by atoms with van der Waals surface area (Å²) in [5, 5.41) is 9.35. The molecule has 0 bridgehead atoms. The number of nitrogens with one attached hydrogen (secondary N) is 1. The lowest BCUT2D eigenvalue weighted by atomic mass is 9.96. The van der Waals surface area contributed by atoms with Crippen molar-refractivity contribution in [2.24, 2.45) is 5.92 Å². The van der Waals surface area contributed by atoms with Crippen LogP contribution in [0.4, 0.5) is 4.39 Å². The van der Waals surface area contributed by atoms with E-state index in [1.807, 2.05) is 19.2 Å². The maximum absolute atomic E-state index is 13.1. The van der Waals surface area contributed by atoms with Gasteiger partial charge in [0.25, 0.3) is 5.56 Å². The molecule has 5 nitrogen and oxygen atoms in total. The zero-order valence-electron chi connectivity index (χ0n) is 13.9.